The van der Waals surface area contributed by atoms with Gasteiger partial charge in [-0.2, -0.15) is 0 Å². The van der Waals surface area contributed by atoms with Crippen molar-refractivity contribution in [1.82, 2.24) is 4.98 Å². The van der Waals surface area contributed by atoms with E-state index in [0.717, 1.165) is 13.0 Å². The van der Waals surface area contributed by atoms with Crippen molar-refractivity contribution in [2.24, 2.45) is 0 Å². The second kappa shape index (κ2) is 5.14. The van der Waals surface area contributed by atoms with Crippen LogP contribution in [0.3, 0.4) is 0 Å². The first kappa shape index (κ1) is 11.2. The molecule has 0 fully saturated rings. The van der Waals surface area contributed by atoms with E-state index in [1.807, 2.05) is 6.08 Å². The van der Waals surface area contributed by atoms with Crippen LogP contribution in [0.5, 0.6) is 0 Å². The van der Waals surface area contributed by atoms with Crippen molar-refractivity contribution in [3.8, 4) is 0 Å². The Labute approximate surface area is 88.7 Å². The van der Waals surface area contributed by atoms with Gasteiger partial charge in [0, 0.05) is 6.54 Å². The van der Waals surface area contributed by atoms with Gasteiger partial charge in [0.1, 0.15) is 5.82 Å². The first-order chi connectivity index (χ1) is 7.15. The van der Waals surface area contributed by atoms with Crippen molar-refractivity contribution >= 4 is 11.8 Å². The summed E-state index contributed by atoms with van der Waals surface area (Å²) in [5.41, 5.74) is 0.760. The smallest absolute Gasteiger partial charge is 0.337 e. The zero-order valence-corrected chi connectivity index (χ0v) is 8.66. The van der Waals surface area contributed by atoms with Crippen LogP contribution < -0.4 is 5.32 Å². The Kier molecular flexibility index (Phi) is 3.85. The van der Waals surface area contributed by atoms with Gasteiger partial charge in [0.2, 0.25) is 0 Å². The molecule has 1 heterocycles. The van der Waals surface area contributed by atoms with E-state index in [4.69, 9.17) is 5.11 Å². The monoisotopic (exact) mass is 206 g/mol. The second-order valence-corrected chi connectivity index (χ2v) is 3.14. The third-order valence-corrected chi connectivity index (χ3v) is 1.97. The van der Waals surface area contributed by atoms with Gasteiger partial charge in [0.15, 0.2) is 0 Å². The number of nitrogens with zero attached hydrogens (tertiary/aromatic N) is 1. The maximum atomic E-state index is 10.7. The van der Waals surface area contributed by atoms with E-state index in [1.165, 1.54) is 0 Å². The van der Waals surface area contributed by atoms with Crippen LogP contribution in [0.25, 0.3) is 0 Å². The van der Waals surface area contributed by atoms with Crippen LogP contribution in [-0.4, -0.2) is 22.6 Å². The Bertz CT molecular complexity index is 375. The van der Waals surface area contributed by atoms with Gasteiger partial charge in [-0.15, -0.1) is 6.58 Å². The largest absolute Gasteiger partial charge is 0.478 e. The van der Waals surface area contributed by atoms with E-state index in [2.05, 4.69) is 16.9 Å². The molecule has 0 bridgehead atoms. The molecule has 0 aliphatic heterocycles. The summed E-state index contributed by atoms with van der Waals surface area (Å²) in [6.07, 6.45) is 2.66. The average Bonchev–Trinajstić information content (AvgIpc) is 2.17. The molecule has 2 N–H and O–H groups in total. The summed E-state index contributed by atoms with van der Waals surface area (Å²) in [5.74, 6) is -0.253. The maximum absolute atomic E-state index is 10.7. The van der Waals surface area contributed by atoms with Crippen molar-refractivity contribution < 1.29 is 9.90 Å². The normalized spacial score (nSPS) is 9.67. The molecule has 4 heteroatoms. The molecule has 80 valence electrons. The van der Waals surface area contributed by atoms with Crippen LogP contribution in [0.4, 0.5) is 5.82 Å². The van der Waals surface area contributed by atoms with Crippen molar-refractivity contribution in [1.29, 1.82) is 0 Å². The molecule has 1 aromatic heterocycles. The highest BCUT2D eigenvalue weighted by Crippen LogP contribution is 2.10. The lowest BCUT2D eigenvalue weighted by molar-refractivity contribution is 0.0695. The van der Waals surface area contributed by atoms with E-state index in [9.17, 15) is 4.79 Å². The number of hydrogen-bond donors (Lipinski definition) is 2. The second-order valence-electron chi connectivity index (χ2n) is 3.14. The number of aromatic carboxylic acids is 1. The number of carbonyl (C=O) groups is 1. The Morgan fingerprint density at radius 3 is 2.93 bits per heavy atom. The summed E-state index contributed by atoms with van der Waals surface area (Å²) in [6, 6.07) is 3.22. The summed E-state index contributed by atoms with van der Waals surface area (Å²) < 4.78 is 0. The first-order valence-corrected chi connectivity index (χ1v) is 4.71. The highest BCUT2D eigenvalue weighted by molar-refractivity contribution is 5.89. The molecule has 1 aromatic rings. The number of aryl methyl sites for hydroxylation is 1. The van der Waals surface area contributed by atoms with Gasteiger partial charge in [0.25, 0.3) is 0 Å². The summed E-state index contributed by atoms with van der Waals surface area (Å²) >= 11 is 0. The van der Waals surface area contributed by atoms with Gasteiger partial charge >= 0.3 is 5.97 Å². The number of aromatic nitrogens is 1. The first-order valence-electron chi connectivity index (χ1n) is 4.71. The highest BCUT2D eigenvalue weighted by Gasteiger charge is 2.07. The topological polar surface area (TPSA) is 62.2 Å². The summed E-state index contributed by atoms with van der Waals surface area (Å²) in [6.45, 7) is 6.04. The molecule has 15 heavy (non-hydrogen) atoms. The zero-order chi connectivity index (χ0) is 11.3. The van der Waals surface area contributed by atoms with Gasteiger partial charge < -0.3 is 10.4 Å². The molecule has 1 rings (SSSR count). The molecule has 0 saturated carbocycles. The molecule has 0 aliphatic rings. The summed E-state index contributed by atoms with van der Waals surface area (Å²) in [4.78, 5) is 14.9. The Hall–Kier alpha value is -1.84. The molecular weight excluding hydrogens is 192 g/mol. The zero-order valence-electron chi connectivity index (χ0n) is 8.66. The number of carboxylic acid groups (broad SMARTS) is 1. The quantitative estimate of drug-likeness (QED) is 0.572. The van der Waals surface area contributed by atoms with E-state index >= 15 is 0 Å². The van der Waals surface area contributed by atoms with Gasteiger partial charge in [0.05, 0.1) is 11.3 Å². The molecule has 0 amide bonds. The van der Waals surface area contributed by atoms with Crippen LogP contribution >= 0.6 is 0 Å². The minimum atomic E-state index is -0.947. The van der Waals surface area contributed by atoms with Crippen molar-refractivity contribution in [2.75, 3.05) is 11.9 Å². The van der Waals surface area contributed by atoms with E-state index < -0.39 is 5.97 Å². The SMILES string of the molecule is C=CCCNc1ccc(C(=O)O)c(C)n1. The molecule has 0 atom stereocenters. The summed E-state index contributed by atoms with van der Waals surface area (Å²) in [5, 5.41) is 11.9. The fraction of sp³-hybridized carbons (Fsp3) is 0.273. The Balaban J connectivity index is 2.73. The van der Waals surface area contributed by atoms with Gasteiger partial charge in [-0.1, -0.05) is 6.08 Å². The van der Waals surface area contributed by atoms with Crippen molar-refractivity contribution in [3.63, 3.8) is 0 Å². The minimum Gasteiger partial charge on any atom is -0.478 e. The molecule has 0 aliphatic carbocycles. The fourth-order valence-electron chi connectivity index (χ4n) is 1.19. The van der Waals surface area contributed by atoms with Crippen molar-refractivity contribution in [2.45, 2.75) is 13.3 Å². The third-order valence-electron chi connectivity index (χ3n) is 1.97. The van der Waals surface area contributed by atoms with E-state index in [0.29, 0.717) is 11.5 Å². The molecule has 0 spiro atoms. The maximum Gasteiger partial charge on any atom is 0.337 e. The van der Waals surface area contributed by atoms with Gasteiger partial charge in [-0.05, 0) is 25.5 Å². The van der Waals surface area contributed by atoms with Crippen LogP contribution in [0.1, 0.15) is 22.5 Å². The number of pyridine rings is 1. The Morgan fingerprint density at radius 1 is 1.67 bits per heavy atom. The van der Waals surface area contributed by atoms with Crippen molar-refractivity contribution in [3.05, 3.63) is 36.0 Å². The number of nitrogens with one attached hydrogen (secondary N) is 1. The van der Waals surface area contributed by atoms with E-state index in [-0.39, 0.29) is 5.56 Å². The molecule has 0 unspecified atom stereocenters. The predicted octanol–water partition coefficient (Wildman–Crippen LogP) is 2.08. The predicted molar refractivity (Wildman–Crippen MR) is 59.2 cm³/mol. The highest BCUT2D eigenvalue weighted by atomic mass is 16.4. The number of rotatable bonds is 5. The molecule has 0 radical (unpaired) electrons. The molecule has 0 saturated heterocycles. The average molecular weight is 206 g/mol. The molecular formula is C11H14N2O2. The molecule has 0 aromatic carbocycles. The minimum absolute atomic E-state index is 0.240. The standard InChI is InChI=1S/C11H14N2O2/c1-3-4-7-12-10-6-5-9(11(14)15)8(2)13-10/h3,5-6H,1,4,7H2,2H3,(H,12,13)(H,14,15). The van der Waals surface area contributed by atoms with Gasteiger partial charge in [-0.3, -0.25) is 0 Å². The lowest BCUT2D eigenvalue weighted by atomic mass is 10.2. The third kappa shape index (κ3) is 3.09. The number of anilines is 1. The number of carboxylic acids is 1. The van der Waals surface area contributed by atoms with Crippen LogP contribution in [0, 0.1) is 6.92 Å². The summed E-state index contributed by atoms with van der Waals surface area (Å²) in [7, 11) is 0. The van der Waals surface area contributed by atoms with Gasteiger partial charge in [-0.25, -0.2) is 9.78 Å². The van der Waals surface area contributed by atoms with Crippen LogP contribution in [0.15, 0.2) is 24.8 Å². The van der Waals surface area contributed by atoms with Crippen LogP contribution in [-0.2, 0) is 0 Å². The van der Waals surface area contributed by atoms with E-state index in [1.54, 1.807) is 19.1 Å². The lowest BCUT2D eigenvalue weighted by Crippen LogP contribution is -2.06. The molecule has 4 nitrogen and oxygen atoms in total. The fourth-order valence-corrected chi connectivity index (χ4v) is 1.19. The lowest BCUT2D eigenvalue weighted by Gasteiger charge is -2.06. The van der Waals surface area contributed by atoms with Crippen LogP contribution in [0.2, 0.25) is 0 Å². The Morgan fingerprint density at radius 2 is 2.40 bits per heavy atom. The number of hydrogen-bond acceptors (Lipinski definition) is 3.